The highest BCUT2D eigenvalue weighted by molar-refractivity contribution is 7.91. The van der Waals surface area contributed by atoms with E-state index in [4.69, 9.17) is 4.74 Å². The van der Waals surface area contributed by atoms with E-state index < -0.39 is 86.9 Å². The molecule has 1 saturated heterocycles. The van der Waals surface area contributed by atoms with Gasteiger partial charge in [0.15, 0.2) is 0 Å². The number of ether oxygens (including phenoxy) is 1. The van der Waals surface area contributed by atoms with E-state index in [9.17, 15) is 40.8 Å². The lowest BCUT2D eigenvalue weighted by atomic mass is 9.82. The van der Waals surface area contributed by atoms with Crippen LogP contribution in [0.2, 0.25) is 0 Å². The first-order valence-electron chi connectivity index (χ1n) is 19.9. The number of rotatable bonds is 7. The average Bonchev–Trinajstić information content (AvgIpc) is 4.04. The summed E-state index contributed by atoms with van der Waals surface area (Å²) in [6, 6.07) is 1.39. The van der Waals surface area contributed by atoms with Crippen LogP contribution in [-0.4, -0.2) is 89.8 Å². The van der Waals surface area contributed by atoms with E-state index in [1.807, 2.05) is 18.2 Å². The van der Waals surface area contributed by atoms with Crippen LogP contribution in [0.3, 0.4) is 0 Å². The standard InChI is InChI=1S/C39H52F3N5O7S/c1-2-27-20-38(27,36(50)45-55(52,53)29-17-18-29)44-34(48)31-19-28-22-47(31)35(49)33(25-12-7-5-8-13-25)43-32(39(40,41)42)16-9-4-3-6-11-24-14-10-15-26-21-46(23-30(24)26)37(51)54-28/h2,10,14-15,25,27-29,31-33,43H,1,3-9,11-13,16-23H2,(H,44,48)(H,45,50)/t27-,28-,31+,32?,33+,38-/m1/s1. The fraction of sp³-hybridized carbons (Fsp3) is 0.692. The Balaban J connectivity index is 1.19. The van der Waals surface area contributed by atoms with Gasteiger partial charge >= 0.3 is 12.3 Å². The van der Waals surface area contributed by atoms with Crippen molar-refractivity contribution < 1.29 is 45.5 Å². The van der Waals surface area contributed by atoms with Crippen molar-refractivity contribution in [1.82, 2.24) is 25.2 Å². The molecule has 3 saturated carbocycles. The first-order valence-corrected chi connectivity index (χ1v) is 21.4. The molecule has 0 aromatic heterocycles. The molecule has 4 amide bonds. The van der Waals surface area contributed by atoms with Crippen molar-refractivity contribution in [2.75, 3.05) is 6.54 Å². The molecule has 1 aromatic carbocycles. The molecule has 302 valence electrons. The topological polar surface area (TPSA) is 154 Å². The lowest BCUT2D eigenvalue weighted by Gasteiger charge is -2.37. The van der Waals surface area contributed by atoms with Gasteiger partial charge in [0, 0.05) is 25.4 Å². The number of carbonyl (C=O) groups is 4. The number of halogens is 3. The Morgan fingerprint density at radius 1 is 0.964 bits per heavy atom. The highest BCUT2D eigenvalue weighted by Crippen LogP contribution is 2.46. The number of sulfonamides is 1. The van der Waals surface area contributed by atoms with Crippen molar-refractivity contribution in [3.05, 3.63) is 47.5 Å². The van der Waals surface area contributed by atoms with Crippen LogP contribution in [0.1, 0.15) is 107 Å². The quantitative estimate of drug-likeness (QED) is 0.335. The van der Waals surface area contributed by atoms with Gasteiger partial charge in [-0.05, 0) is 74.0 Å². The maximum absolute atomic E-state index is 14.7. The fourth-order valence-electron chi connectivity index (χ4n) is 9.10. The Morgan fingerprint density at radius 2 is 1.65 bits per heavy atom. The molecule has 0 spiro atoms. The zero-order chi connectivity index (χ0) is 39.1. The predicted molar refractivity (Wildman–Crippen MR) is 195 cm³/mol. The molecule has 7 rings (SSSR count). The molecule has 12 nitrogen and oxygen atoms in total. The van der Waals surface area contributed by atoms with Crippen LogP contribution < -0.4 is 15.4 Å². The van der Waals surface area contributed by atoms with E-state index in [0.29, 0.717) is 51.6 Å². The van der Waals surface area contributed by atoms with Crippen LogP contribution in [0.4, 0.5) is 18.0 Å². The minimum absolute atomic E-state index is 0.0738. The minimum atomic E-state index is -4.63. The molecule has 4 bridgehead atoms. The van der Waals surface area contributed by atoms with E-state index >= 15 is 0 Å². The van der Waals surface area contributed by atoms with Gasteiger partial charge in [0.2, 0.25) is 21.8 Å². The van der Waals surface area contributed by atoms with E-state index in [0.717, 1.165) is 55.2 Å². The highest BCUT2D eigenvalue weighted by atomic mass is 32.2. The van der Waals surface area contributed by atoms with Crippen molar-refractivity contribution >= 4 is 33.8 Å². The first-order chi connectivity index (χ1) is 26.2. The second-order valence-electron chi connectivity index (χ2n) is 16.4. The third kappa shape index (κ3) is 8.54. The summed E-state index contributed by atoms with van der Waals surface area (Å²) in [7, 11) is -3.96. The molecule has 0 radical (unpaired) electrons. The van der Waals surface area contributed by atoms with Crippen molar-refractivity contribution in [3.63, 3.8) is 0 Å². The number of carbonyl (C=O) groups excluding carboxylic acids is 4. The Labute approximate surface area is 320 Å². The van der Waals surface area contributed by atoms with Crippen molar-refractivity contribution in [1.29, 1.82) is 0 Å². The third-order valence-corrected chi connectivity index (χ3v) is 14.4. The average molecular weight is 792 g/mol. The first kappa shape index (κ1) is 39.6. The maximum atomic E-state index is 14.7. The van der Waals surface area contributed by atoms with Gasteiger partial charge in [-0.2, -0.15) is 13.2 Å². The molecule has 1 aromatic rings. The van der Waals surface area contributed by atoms with Crippen molar-refractivity contribution in [2.24, 2.45) is 11.8 Å². The molecular formula is C39H52F3N5O7S. The molecule has 16 heteroatoms. The predicted octanol–water partition coefficient (Wildman–Crippen LogP) is 4.75. The fourth-order valence-corrected chi connectivity index (χ4v) is 10.5. The Hall–Kier alpha value is -3.66. The number of aryl methyl sites for hydroxylation is 1. The zero-order valence-electron chi connectivity index (χ0n) is 31.1. The smallest absolute Gasteiger partial charge is 0.410 e. The summed E-state index contributed by atoms with van der Waals surface area (Å²) < 4.78 is 77.6. The van der Waals surface area contributed by atoms with Gasteiger partial charge < -0.3 is 15.0 Å². The number of alkyl halides is 3. The molecule has 6 atom stereocenters. The number of amides is 4. The molecule has 3 heterocycles. The van der Waals surface area contributed by atoms with E-state index in [2.05, 4.69) is 21.9 Å². The minimum Gasteiger partial charge on any atom is -0.444 e. The molecule has 3 aliphatic heterocycles. The van der Waals surface area contributed by atoms with Crippen molar-refractivity contribution in [3.8, 4) is 0 Å². The van der Waals surface area contributed by atoms with Gasteiger partial charge in [-0.25, -0.2) is 13.2 Å². The largest absolute Gasteiger partial charge is 0.444 e. The van der Waals surface area contributed by atoms with Gasteiger partial charge in [0.1, 0.15) is 23.7 Å². The second-order valence-corrected chi connectivity index (χ2v) is 18.4. The van der Waals surface area contributed by atoms with E-state index in [1.54, 1.807) is 4.90 Å². The summed E-state index contributed by atoms with van der Waals surface area (Å²) >= 11 is 0. The summed E-state index contributed by atoms with van der Waals surface area (Å²) in [5.74, 6) is -3.40. The summed E-state index contributed by atoms with van der Waals surface area (Å²) in [4.78, 5) is 59.0. The number of nitrogens with one attached hydrogen (secondary N) is 3. The van der Waals surface area contributed by atoms with Gasteiger partial charge in [-0.3, -0.25) is 29.3 Å². The molecule has 1 unspecified atom stereocenters. The number of benzene rings is 1. The van der Waals surface area contributed by atoms with Crippen LogP contribution in [-0.2, 0) is 48.7 Å². The molecule has 3 aliphatic carbocycles. The van der Waals surface area contributed by atoms with Crippen LogP contribution in [0.5, 0.6) is 0 Å². The second kappa shape index (κ2) is 15.7. The van der Waals surface area contributed by atoms with Crippen LogP contribution >= 0.6 is 0 Å². The van der Waals surface area contributed by atoms with Gasteiger partial charge in [0.05, 0.1) is 17.8 Å². The Kier molecular flexibility index (Phi) is 11.3. The molecule has 55 heavy (non-hydrogen) atoms. The highest BCUT2D eigenvalue weighted by Gasteiger charge is 2.62. The Bertz CT molecular complexity index is 1780. The molecular weight excluding hydrogens is 740 g/mol. The Morgan fingerprint density at radius 3 is 2.35 bits per heavy atom. The molecule has 4 fully saturated rings. The van der Waals surface area contributed by atoms with Gasteiger partial charge in [-0.15, -0.1) is 6.58 Å². The number of nitrogens with zero attached hydrogens (tertiary/aromatic N) is 2. The van der Waals surface area contributed by atoms with E-state index in [-0.39, 0.29) is 25.8 Å². The number of hydrogen-bond donors (Lipinski definition) is 3. The third-order valence-electron chi connectivity index (χ3n) is 12.6. The van der Waals surface area contributed by atoms with Crippen LogP contribution in [0.15, 0.2) is 30.9 Å². The zero-order valence-corrected chi connectivity index (χ0v) is 31.9. The lowest BCUT2D eigenvalue weighted by molar-refractivity contribution is -0.164. The van der Waals surface area contributed by atoms with Crippen LogP contribution in [0, 0.1) is 11.8 Å². The lowest BCUT2D eigenvalue weighted by Crippen LogP contribution is -2.61. The number of hydrogen-bond acceptors (Lipinski definition) is 8. The molecule has 3 N–H and O–H groups in total. The van der Waals surface area contributed by atoms with Gasteiger partial charge in [0.25, 0.3) is 5.91 Å². The summed E-state index contributed by atoms with van der Waals surface area (Å²) in [6.45, 7) is 4.16. The summed E-state index contributed by atoms with van der Waals surface area (Å²) in [6.07, 6.45) is 2.39. The monoisotopic (exact) mass is 791 g/mol. The summed E-state index contributed by atoms with van der Waals surface area (Å²) in [5.41, 5.74) is 1.47. The summed E-state index contributed by atoms with van der Waals surface area (Å²) in [5, 5.41) is 4.76. The van der Waals surface area contributed by atoms with Crippen molar-refractivity contribution in [2.45, 2.75) is 151 Å². The van der Waals surface area contributed by atoms with Gasteiger partial charge in [-0.1, -0.05) is 62.8 Å². The van der Waals surface area contributed by atoms with E-state index in [1.165, 1.54) is 11.0 Å². The SMILES string of the molecule is C=C[C@@H]1C[C@]1(NC(=O)[C@@H]1C[C@@H]2CN1C(=O)[C@H](C1CCCCC1)NC(C(F)(F)F)CCCCCCc1cccc3c1CN(C3)C(=O)O2)C(=O)NS(=O)(=O)C1CC1. The molecule has 6 aliphatic rings. The maximum Gasteiger partial charge on any atom is 0.410 e. The number of fused-ring (bicyclic) bond motifs is 3. The normalized spacial score (nSPS) is 31.1. The van der Waals surface area contributed by atoms with Crippen LogP contribution in [0.25, 0.3) is 0 Å².